The third-order valence-corrected chi connectivity index (χ3v) is 5.48. The van der Waals surface area contributed by atoms with Crippen LogP contribution in [0.25, 0.3) is 0 Å². The Hall–Kier alpha value is -0.940. The van der Waals surface area contributed by atoms with Crippen LogP contribution < -0.4 is 4.90 Å². The number of thiazole rings is 1. The molecule has 0 bridgehead atoms. The first-order valence-electron chi connectivity index (χ1n) is 6.79. The van der Waals surface area contributed by atoms with E-state index in [1.165, 1.54) is 11.3 Å². The van der Waals surface area contributed by atoms with Gasteiger partial charge in [0.25, 0.3) is 0 Å². The highest BCUT2D eigenvalue weighted by Gasteiger charge is 2.37. The van der Waals surface area contributed by atoms with Gasteiger partial charge in [-0.1, -0.05) is 25.2 Å². The molecule has 1 unspecified atom stereocenters. The molecule has 3 rings (SSSR count). The number of hydrogen-bond donors (Lipinski definition) is 0. The number of hydrogen-bond acceptors (Lipinski definition) is 4. The average Bonchev–Trinajstić information content (AvgIpc) is 2.90. The van der Waals surface area contributed by atoms with E-state index in [0.717, 1.165) is 17.0 Å². The number of aromatic nitrogens is 1. The normalized spacial score (nSPS) is 25.1. The lowest BCUT2D eigenvalue weighted by atomic mass is 9.78. The number of halogens is 1. The standard InChI is InChI=1S/C14H17ClN2O2S/c1-14(2)4-9-12(10(18)5-14)20-13(16-9)17-7-8(6-15)3-11(17)19/h8H,3-7H2,1-2H3. The number of anilines is 1. The van der Waals surface area contributed by atoms with Crippen LogP contribution in [0, 0.1) is 11.3 Å². The zero-order valence-electron chi connectivity index (χ0n) is 11.6. The van der Waals surface area contributed by atoms with Crippen LogP contribution in [0.4, 0.5) is 5.13 Å². The first-order valence-corrected chi connectivity index (χ1v) is 8.14. The van der Waals surface area contributed by atoms with E-state index in [9.17, 15) is 9.59 Å². The number of rotatable bonds is 2. The van der Waals surface area contributed by atoms with E-state index in [4.69, 9.17) is 11.6 Å². The predicted molar refractivity (Wildman–Crippen MR) is 79.7 cm³/mol. The summed E-state index contributed by atoms with van der Waals surface area (Å²) < 4.78 is 0. The Labute approximate surface area is 127 Å². The van der Waals surface area contributed by atoms with Gasteiger partial charge >= 0.3 is 0 Å². The second-order valence-electron chi connectivity index (χ2n) is 6.44. The number of fused-ring (bicyclic) bond motifs is 1. The fourth-order valence-corrected chi connectivity index (χ4v) is 4.15. The molecule has 6 heteroatoms. The molecule has 0 saturated carbocycles. The summed E-state index contributed by atoms with van der Waals surface area (Å²) in [4.78, 5) is 31.2. The molecule has 0 aromatic carbocycles. The summed E-state index contributed by atoms with van der Waals surface area (Å²) in [5.74, 6) is 0.894. The molecule has 0 N–H and O–H groups in total. The minimum atomic E-state index is -0.0386. The van der Waals surface area contributed by atoms with Crippen molar-refractivity contribution in [1.29, 1.82) is 0 Å². The Bertz CT molecular complexity index is 582. The van der Waals surface area contributed by atoms with Gasteiger partial charge in [-0.05, 0) is 17.8 Å². The second kappa shape index (κ2) is 4.81. The van der Waals surface area contributed by atoms with Crippen LogP contribution in [0.15, 0.2) is 0 Å². The first kappa shape index (κ1) is 14.0. The summed E-state index contributed by atoms with van der Waals surface area (Å²) in [6, 6.07) is 0. The second-order valence-corrected chi connectivity index (χ2v) is 7.73. The van der Waals surface area contributed by atoms with Crippen LogP contribution in [0.3, 0.4) is 0 Å². The lowest BCUT2D eigenvalue weighted by molar-refractivity contribution is -0.117. The molecule has 1 saturated heterocycles. The molecule has 1 amide bonds. The van der Waals surface area contributed by atoms with E-state index < -0.39 is 0 Å². The summed E-state index contributed by atoms with van der Waals surface area (Å²) in [5.41, 5.74) is 0.816. The SMILES string of the molecule is CC1(C)CC(=O)c2sc(N3CC(CCl)CC3=O)nc2C1. The Kier molecular flexibility index (Phi) is 3.37. The number of ketones is 1. The van der Waals surface area contributed by atoms with Crippen molar-refractivity contribution in [1.82, 2.24) is 4.98 Å². The lowest BCUT2D eigenvalue weighted by Crippen LogP contribution is -2.26. The molecule has 1 aromatic heterocycles. The van der Waals surface area contributed by atoms with Gasteiger partial charge < -0.3 is 0 Å². The Morgan fingerprint density at radius 3 is 2.80 bits per heavy atom. The van der Waals surface area contributed by atoms with Crippen molar-refractivity contribution >= 4 is 39.8 Å². The van der Waals surface area contributed by atoms with E-state index in [1.54, 1.807) is 4.90 Å². The number of alkyl halides is 1. The molecule has 4 nitrogen and oxygen atoms in total. The van der Waals surface area contributed by atoms with Crippen LogP contribution in [0.2, 0.25) is 0 Å². The maximum Gasteiger partial charge on any atom is 0.229 e. The van der Waals surface area contributed by atoms with E-state index in [2.05, 4.69) is 18.8 Å². The van der Waals surface area contributed by atoms with Crippen LogP contribution in [-0.4, -0.2) is 29.1 Å². The van der Waals surface area contributed by atoms with Gasteiger partial charge in [0.1, 0.15) is 0 Å². The van der Waals surface area contributed by atoms with Gasteiger partial charge in [0.15, 0.2) is 10.9 Å². The molecule has 0 radical (unpaired) electrons. The van der Waals surface area contributed by atoms with Crippen molar-refractivity contribution in [3.05, 3.63) is 10.6 Å². The van der Waals surface area contributed by atoms with E-state index in [0.29, 0.717) is 30.4 Å². The monoisotopic (exact) mass is 312 g/mol. The molecular weight excluding hydrogens is 296 g/mol. The number of carbonyl (C=O) groups is 2. The molecule has 0 spiro atoms. The Morgan fingerprint density at radius 2 is 2.15 bits per heavy atom. The first-order chi connectivity index (χ1) is 9.39. The predicted octanol–water partition coefficient (Wildman–Crippen LogP) is 2.89. The van der Waals surface area contributed by atoms with E-state index in [1.807, 2.05) is 0 Å². The average molecular weight is 313 g/mol. The summed E-state index contributed by atoms with van der Waals surface area (Å²) in [6.07, 6.45) is 1.83. The Morgan fingerprint density at radius 1 is 1.40 bits per heavy atom. The van der Waals surface area contributed by atoms with Crippen LogP contribution >= 0.6 is 22.9 Å². The Balaban J connectivity index is 1.91. The fraction of sp³-hybridized carbons (Fsp3) is 0.643. The van der Waals surface area contributed by atoms with E-state index >= 15 is 0 Å². The minimum Gasteiger partial charge on any atom is -0.293 e. The molecule has 20 heavy (non-hydrogen) atoms. The molecule has 2 heterocycles. The van der Waals surface area contributed by atoms with E-state index in [-0.39, 0.29) is 23.0 Å². The van der Waals surface area contributed by atoms with Gasteiger partial charge in [0.2, 0.25) is 5.91 Å². The van der Waals surface area contributed by atoms with Crippen molar-refractivity contribution in [2.75, 3.05) is 17.3 Å². The zero-order chi connectivity index (χ0) is 14.5. The van der Waals surface area contributed by atoms with Gasteiger partial charge in [0.05, 0.1) is 10.6 Å². The van der Waals surface area contributed by atoms with Gasteiger partial charge in [-0.3, -0.25) is 14.5 Å². The smallest absolute Gasteiger partial charge is 0.229 e. The van der Waals surface area contributed by atoms with Crippen LogP contribution in [0.1, 0.15) is 42.1 Å². The number of carbonyl (C=O) groups excluding carboxylic acids is 2. The largest absolute Gasteiger partial charge is 0.293 e. The molecular formula is C14H17ClN2O2S. The van der Waals surface area contributed by atoms with Gasteiger partial charge in [-0.25, -0.2) is 4.98 Å². The molecule has 1 fully saturated rings. The van der Waals surface area contributed by atoms with Crippen LogP contribution in [0.5, 0.6) is 0 Å². The molecule has 1 aromatic rings. The van der Waals surface area contributed by atoms with Crippen molar-refractivity contribution in [3.63, 3.8) is 0 Å². The van der Waals surface area contributed by atoms with Crippen LogP contribution in [-0.2, 0) is 11.2 Å². The van der Waals surface area contributed by atoms with Crippen molar-refractivity contribution < 1.29 is 9.59 Å². The molecule has 108 valence electrons. The number of Topliss-reactive ketones (excluding diaryl/α,β-unsaturated/α-hetero) is 1. The zero-order valence-corrected chi connectivity index (χ0v) is 13.2. The highest BCUT2D eigenvalue weighted by molar-refractivity contribution is 7.17. The van der Waals surface area contributed by atoms with Gasteiger partial charge in [-0.15, -0.1) is 11.6 Å². The van der Waals surface area contributed by atoms with Crippen molar-refractivity contribution in [3.8, 4) is 0 Å². The molecule has 1 aliphatic carbocycles. The third kappa shape index (κ3) is 2.37. The highest BCUT2D eigenvalue weighted by Crippen LogP contribution is 2.40. The highest BCUT2D eigenvalue weighted by atomic mass is 35.5. The lowest BCUT2D eigenvalue weighted by Gasteiger charge is -2.26. The summed E-state index contributed by atoms with van der Waals surface area (Å²) in [7, 11) is 0. The van der Waals surface area contributed by atoms with Crippen molar-refractivity contribution in [2.24, 2.45) is 11.3 Å². The van der Waals surface area contributed by atoms with Gasteiger partial charge in [-0.2, -0.15) is 0 Å². The maximum absolute atomic E-state index is 12.2. The molecule has 1 atom stereocenters. The topological polar surface area (TPSA) is 50.3 Å². The van der Waals surface area contributed by atoms with Gasteiger partial charge in [0, 0.05) is 25.3 Å². The summed E-state index contributed by atoms with van der Waals surface area (Å²) in [5, 5.41) is 0.665. The quantitative estimate of drug-likeness (QED) is 0.789. The maximum atomic E-state index is 12.2. The number of amides is 1. The molecule has 1 aliphatic heterocycles. The fourth-order valence-electron chi connectivity index (χ4n) is 2.89. The summed E-state index contributed by atoms with van der Waals surface area (Å²) >= 11 is 7.20. The minimum absolute atomic E-state index is 0.0386. The third-order valence-electron chi connectivity index (χ3n) is 3.88. The van der Waals surface area contributed by atoms with Crippen molar-refractivity contribution in [2.45, 2.75) is 33.1 Å². The number of nitrogens with zero attached hydrogens (tertiary/aromatic N) is 2. The molecule has 2 aliphatic rings. The summed E-state index contributed by atoms with van der Waals surface area (Å²) in [6.45, 7) is 4.78.